The minimum atomic E-state index is -0.471. The summed E-state index contributed by atoms with van der Waals surface area (Å²) in [6, 6.07) is 21.5. The van der Waals surface area contributed by atoms with Crippen LogP contribution in [0.25, 0.3) is 10.9 Å². The fourth-order valence-electron chi connectivity index (χ4n) is 4.18. The van der Waals surface area contributed by atoms with Crippen LogP contribution in [0.2, 0.25) is 10.0 Å². The van der Waals surface area contributed by atoms with Crippen LogP contribution in [0.3, 0.4) is 0 Å². The summed E-state index contributed by atoms with van der Waals surface area (Å²) in [5.74, 6) is 0.313. The van der Waals surface area contributed by atoms with E-state index < -0.39 is 6.04 Å². The van der Waals surface area contributed by atoms with Crippen molar-refractivity contribution in [2.75, 3.05) is 6.54 Å². The van der Waals surface area contributed by atoms with Crippen LogP contribution in [-0.4, -0.2) is 26.9 Å². The zero-order chi connectivity index (χ0) is 24.9. The summed E-state index contributed by atoms with van der Waals surface area (Å²) in [7, 11) is 0. The Morgan fingerprint density at radius 1 is 1.03 bits per heavy atom. The number of para-hydroxylation sites is 1. The highest BCUT2D eigenvalue weighted by molar-refractivity contribution is 6.36. The monoisotopic (exact) mass is 507 g/mol. The predicted octanol–water partition coefficient (Wildman–Crippen LogP) is 6.76. The molecule has 35 heavy (non-hydrogen) atoms. The van der Waals surface area contributed by atoms with Gasteiger partial charge in [0.15, 0.2) is 0 Å². The fourth-order valence-corrected chi connectivity index (χ4v) is 4.67. The third-order valence-corrected chi connectivity index (χ3v) is 6.64. The average molecular weight is 508 g/mol. The molecule has 0 aliphatic rings. The summed E-state index contributed by atoms with van der Waals surface area (Å²) in [5, 5.41) is 1.31. The lowest BCUT2D eigenvalue weighted by atomic mass is 10.1. The first-order valence-electron chi connectivity index (χ1n) is 11.7. The van der Waals surface area contributed by atoms with Crippen LogP contribution in [0.5, 0.6) is 0 Å². The number of carbonyl (C=O) groups is 1. The molecule has 0 N–H and O–H groups in total. The first-order valence-corrected chi connectivity index (χ1v) is 12.5. The van der Waals surface area contributed by atoms with Gasteiger partial charge in [-0.3, -0.25) is 14.2 Å². The molecule has 0 spiro atoms. The van der Waals surface area contributed by atoms with Crippen molar-refractivity contribution in [1.82, 2.24) is 14.5 Å². The lowest BCUT2D eigenvalue weighted by molar-refractivity contribution is 0.0676. The zero-order valence-electron chi connectivity index (χ0n) is 19.7. The van der Waals surface area contributed by atoms with Gasteiger partial charge in [0.1, 0.15) is 5.82 Å². The number of unbranched alkanes of at least 4 members (excludes halogenated alkanes) is 1. The normalized spacial score (nSPS) is 12.0. The van der Waals surface area contributed by atoms with Crippen LogP contribution in [0.15, 0.2) is 77.6 Å². The summed E-state index contributed by atoms with van der Waals surface area (Å²) in [6.07, 6.45) is 1.71. The number of aromatic nitrogens is 2. The molecule has 1 aromatic heterocycles. The molecule has 0 fully saturated rings. The maximum Gasteiger partial charge on any atom is 0.261 e. The van der Waals surface area contributed by atoms with Gasteiger partial charge in [0.05, 0.1) is 34.1 Å². The fraction of sp³-hybridized carbons (Fsp3) is 0.250. The first kappa shape index (κ1) is 25.0. The number of carbonyl (C=O) groups excluding carboxylic acids is 1. The number of halogens is 2. The maximum atomic E-state index is 13.7. The van der Waals surface area contributed by atoms with E-state index in [4.69, 9.17) is 28.2 Å². The quantitative estimate of drug-likeness (QED) is 0.264. The molecule has 0 bridgehead atoms. The Morgan fingerprint density at radius 3 is 2.46 bits per heavy atom. The molecule has 4 aromatic rings. The molecule has 0 saturated carbocycles. The summed E-state index contributed by atoms with van der Waals surface area (Å²) in [4.78, 5) is 33.9. The summed E-state index contributed by atoms with van der Waals surface area (Å²) in [6.45, 7) is 4.84. The number of rotatable bonds is 8. The molecule has 1 amide bonds. The minimum absolute atomic E-state index is 0.131. The SMILES string of the molecule is CCCCN(C(=O)c1ccc(Cl)cc1Cl)C(C)c1nc2ccccc2c(=O)n1Cc1ccccc1. The van der Waals surface area contributed by atoms with Gasteiger partial charge in [-0.1, -0.05) is 79.0 Å². The highest BCUT2D eigenvalue weighted by Gasteiger charge is 2.28. The van der Waals surface area contributed by atoms with E-state index in [0.717, 1.165) is 18.4 Å². The van der Waals surface area contributed by atoms with Gasteiger partial charge in [-0.2, -0.15) is 0 Å². The van der Waals surface area contributed by atoms with Crippen molar-refractivity contribution in [2.24, 2.45) is 0 Å². The lowest BCUT2D eigenvalue weighted by Gasteiger charge is -2.31. The van der Waals surface area contributed by atoms with Crippen molar-refractivity contribution >= 4 is 40.0 Å². The molecular formula is C28H27Cl2N3O2. The van der Waals surface area contributed by atoms with Crippen molar-refractivity contribution < 1.29 is 4.79 Å². The second kappa shape index (κ2) is 11.1. The molecule has 4 rings (SSSR count). The van der Waals surface area contributed by atoms with Crippen LogP contribution < -0.4 is 5.56 Å². The van der Waals surface area contributed by atoms with E-state index in [1.54, 1.807) is 33.7 Å². The Morgan fingerprint density at radius 2 is 1.74 bits per heavy atom. The lowest BCUT2D eigenvalue weighted by Crippen LogP contribution is -2.38. The van der Waals surface area contributed by atoms with Crippen LogP contribution in [-0.2, 0) is 6.54 Å². The Kier molecular flexibility index (Phi) is 7.89. The van der Waals surface area contributed by atoms with E-state index in [0.29, 0.717) is 45.4 Å². The minimum Gasteiger partial charge on any atom is -0.329 e. The highest BCUT2D eigenvalue weighted by atomic mass is 35.5. The molecule has 0 aliphatic carbocycles. The molecular weight excluding hydrogens is 481 g/mol. The topological polar surface area (TPSA) is 55.2 Å². The van der Waals surface area contributed by atoms with Crippen molar-refractivity contribution in [3.05, 3.63) is 110 Å². The summed E-state index contributed by atoms with van der Waals surface area (Å²) >= 11 is 12.4. The van der Waals surface area contributed by atoms with E-state index in [1.165, 1.54) is 0 Å². The molecule has 1 atom stereocenters. The smallest absolute Gasteiger partial charge is 0.261 e. The van der Waals surface area contributed by atoms with Crippen molar-refractivity contribution in [2.45, 2.75) is 39.3 Å². The van der Waals surface area contributed by atoms with Gasteiger partial charge in [0.2, 0.25) is 0 Å². The third kappa shape index (κ3) is 5.42. The van der Waals surface area contributed by atoms with Crippen molar-refractivity contribution in [3.63, 3.8) is 0 Å². The van der Waals surface area contributed by atoms with E-state index >= 15 is 0 Å². The number of nitrogens with zero attached hydrogens (tertiary/aromatic N) is 3. The Balaban J connectivity index is 1.84. The third-order valence-electron chi connectivity index (χ3n) is 6.09. The molecule has 0 radical (unpaired) electrons. The Bertz CT molecular complexity index is 1400. The molecule has 3 aromatic carbocycles. The van der Waals surface area contributed by atoms with Crippen LogP contribution in [0.4, 0.5) is 0 Å². The van der Waals surface area contributed by atoms with Crippen molar-refractivity contribution in [3.8, 4) is 0 Å². The highest BCUT2D eigenvalue weighted by Crippen LogP contribution is 2.27. The molecule has 1 heterocycles. The van der Waals surface area contributed by atoms with E-state index in [1.807, 2.05) is 55.5 Å². The van der Waals surface area contributed by atoms with Gasteiger partial charge in [0.25, 0.3) is 11.5 Å². The number of benzene rings is 3. The molecule has 5 nitrogen and oxygen atoms in total. The summed E-state index contributed by atoms with van der Waals surface area (Å²) in [5.41, 5.74) is 1.83. The Hall–Kier alpha value is -3.15. The van der Waals surface area contributed by atoms with Gasteiger partial charge in [0, 0.05) is 11.6 Å². The molecule has 7 heteroatoms. The van der Waals surface area contributed by atoms with Gasteiger partial charge < -0.3 is 4.90 Å². The zero-order valence-corrected chi connectivity index (χ0v) is 21.3. The van der Waals surface area contributed by atoms with Gasteiger partial charge in [-0.05, 0) is 49.2 Å². The van der Waals surface area contributed by atoms with Crippen LogP contribution >= 0.6 is 23.2 Å². The van der Waals surface area contributed by atoms with Gasteiger partial charge in [-0.15, -0.1) is 0 Å². The first-order chi connectivity index (χ1) is 16.9. The second-order valence-electron chi connectivity index (χ2n) is 8.52. The average Bonchev–Trinajstić information content (AvgIpc) is 2.86. The van der Waals surface area contributed by atoms with Gasteiger partial charge in [-0.25, -0.2) is 4.98 Å². The van der Waals surface area contributed by atoms with Crippen molar-refractivity contribution in [1.29, 1.82) is 0 Å². The van der Waals surface area contributed by atoms with Gasteiger partial charge >= 0.3 is 0 Å². The number of hydrogen-bond donors (Lipinski definition) is 0. The number of hydrogen-bond acceptors (Lipinski definition) is 3. The number of fused-ring (bicyclic) bond motifs is 1. The largest absolute Gasteiger partial charge is 0.329 e. The van der Waals surface area contributed by atoms with E-state index in [2.05, 4.69) is 6.92 Å². The standard InChI is InChI=1S/C28H27Cl2N3O2/c1-3-4-16-32(27(34)22-15-14-21(29)17-24(22)30)19(2)26-31-25-13-9-8-12-23(25)28(35)33(26)18-20-10-6-5-7-11-20/h5-15,17,19H,3-4,16,18H2,1-2H3. The molecule has 0 aliphatic heterocycles. The molecule has 1 unspecified atom stereocenters. The van der Waals surface area contributed by atoms with Crippen LogP contribution in [0.1, 0.15) is 54.5 Å². The van der Waals surface area contributed by atoms with Crippen LogP contribution in [0, 0.1) is 0 Å². The Labute approximate surface area is 214 Å². The molecule has 180 valence electrons. The summed E-state index contributed by atoms with van der Waals surface area (Å²) < 4.78 is 1.68. The maximum absolute atomic E-state index is 13.7. The van der Waals surface area contributed by atoms with E-state index in [-0.39, 0.29) is 11.5 Å². The number of amides is 1. The molecule has 0 saturated heterocycles. The second-order valence-corrected chi connectivity index (χ2v) is 9.36. The van der Waals surface area contributed by atoms with E-state index in [9.17, 15) is 9.59 Å². The predicted molar refractivity (Wildman–Crippen MR) is 142 cm³/mol.